The van der Waals surface area contributed by atoms with Gasteiger partial charge in [0.2, 0.25) is 5.91 Å². The van der Waals surface area contributed by atoms with E-state index in [1.54, 1.807) is 19.1 Å². The van der Waals surface area contributed by atoms with Gasteiger partial charge < -0.3 is 20.3 Å². The number of allylic oxidation sites excluding steroid dienone is 1. The SMILES string of the molecule is CC1=C(C(=O)Nc2ccccc2)[C@@H](c2ccc(F)cc2)N2C(CC(=O)NC[C@@H]3CCCO3)=CSC2=N1. The lowest BCUT2D eigenvalue weighted by Gasteiger charge is -2.36. The molecule has 1 fully saturated rings. The Morgan fingerprint density at radius 3 is 2.67 bits per heavy atom. The number of anilines is 1. The first-order chi connectivity index (χ1) is 17.5. The summed E-state index contributed by atoms with van der Waals surface area (Å²) in [5.74, 6) is -0.785. The van der Waals surface area contributed by atoms with Crippen LogP contribution >= 0.6 is 11.8 Å². The Morgan fingerprint density at radius 1 is 1.17 bits per heavy atom. The highest BCUT2D eigenvalue weighted by atomic mass is 32.2. The summed E-state index contributed by atoms with van der Waals surface area (Å²) < 4.78 is 19.4. The summed E-state index contributed by atoms with van der Waals surface area (Å²) in [7, 11) is 0. The second-order valence-electron chi connectivity index (χ2n) is 8.88. The largest absolute Gasteiger partial charge is 0.376 e. The fourth-order valence-corrected chi connectivity index (χ4v) is 5.56. The van der Waals surface area contributed by atoms with Crippen molar-refractivity contribution in [1.82, 2.24) is 10.2 Å². The van der Waals surface area contributed by atoms with Gasteiger partial charge in [0.1, 0.15) is 5.82 Å². The normalized spacial score (nSPS) is 21.1. The minimum Gasteiger partial charge on any atom is -0.376 e. The van der Waals surface area contributed by atoms with Gasteiger partial charge in [-0.2, -0.15) is 0 Å². The molecule has 0 saturated carbocycles. The number of thioether (sulfide) groups is 1. The number of amides is 2. The molecule has 0 radical (unpaired) electrons. The van der Waals surface area contributed by atoms with E-state index in [4.69, 9.17) is 9.73 Å². The molecule has 2 aromatic rings. The Labute approximate surface area is 213 Å². The summed E-state index contributed by atoms with van der Waals surface area (Å²) in [5.41, 5.74) is 3.15. The van der Waals surface area contributed by atoms with E-state index in [0.717, 1.165) is 30.7 Å². The molecule has 2 aromatic carbocycles. The van der Waals surface area contributed by atoms with Crippen LogP contribution in [0.25, 0.3) is 0 Å². The Morgan fingerprint density at radius 2 is 1.94 bits per heavy atom. The topological polar surface area (TPSA) is 83.0 Å². The number of rotatable bonds is 7. The van der Waals surface area contributed by atoms with Crippen molar-refractivity contribution < 1.29 is 18.7 Å². The van der Waals surface area contributed by atoms with Gasteiger partial charge in [-0.05, 0) is 55.0 Å². The highest BCUT2D eigenvalue weighted by molar-refractivity contribution is 8.16. The standard InChI is InChI=1S/C27H27FN4O3S/c1-17-24(26(34)31-20-6-3-2-4-7-20)25(18-9-11-19(28)12-10-18)32-21(16-36-27(32)30-17)14-23(33)29-15-22-8-5-13-35-22/h2-4,6-7,9-12,16,22,25H,5,8,13-15H2,1H3,(H,29,33)(H,31,34)/t22-,25+/m0/s1. The monoisotopic (exact) mass is 506 g/mol. The average Bonchev–Trinajstić information content (AvgIpc) is 3.53. The molecule has 9 heteroatoms. The van der Waals surface area contributed by atoms with Crippen molar-refractivity contribution in [2.24, 2.45) is 4.99 Å². The number of nitrogens with one attached hydrogen (secondary N) is 2. The van der Waals surface area contributed by atoms with Crippen molar-refractivity contribution in [2.45, 2.75) is 38.3 Å². The summed E-state index contributed by atoms with van der Waals surface area (Å²) in [6.45, 7) is 3.01. The zero-order valence-electron chi connectivity index (χ0n) is 19.9. The van der Waals surface area contributed by atoms with Crippen molar-refractivity contribution in [3.8, 4) is 0 Å². The fraction of sp³-hybridized carbons (Fsp3) is 0.296. The molecule has 2 amide bonds. The minimum atomic E-state index is -0.561. The Balaban J connectivity index is 1.42. The predicted octanol–water partition coefficient (Wildman–Crippen LogP) is 4.72. The quantitative estimate of drug-likeness (QED) is 0.568. The number of carbonyl (C=O) groups excluding carboxylic acids is 2. The van der Waals surface area contributed by atoms with Crippen molar-refractivity contribution in [3.05, 3.63) is 88.4 Å². The molecular weight excluding hydrogens is 479 g/mol. The van der Waals surface area contributed by atoms with Crippen LogP contribution in [0.1, 0.15) is 37.8 Å². The molecule has 5 rings (SSSR count). The highest BCUT2D eigenvalue weighted by Gasteiger charge is 2.40. The molecule has 3 aliphatic rings. The molecule has 0 bridgehead atoms. The van der Waals surface area contributed by atoms with Crippen LogP contribution in [0.5, 0.6) is 0 Å². The van der Waals surface area contributed by atoms with Crippen LogP contribution in [0.4, 0.5) is 10.1 Å². The number of amidine groups is 1. The maximum atomic E-state index is 13.8. The van der Waals surface area contributed by atoms with Crippen LogP contribution in [0.3, 0.4) is 0 Å². The number of nitrogens with zero attached hydrogens (tertiary/aromatic N) is 2. The Kier molecular flexibility index (Phi) is 7.20. The number of hydrogen-bond acceptors (Lipinski definition) is 6. The number of fused-ring (bicyclic) bond motifs is 1. The fourth-order valence-electron chi connectivity index (χ4n) is 4.60. The number of halogens is 1. The maximum Gasteiger partial charge on any atom is 0.255 e. The third-order valence-corrected chi connectivity index (χ3v) is 7.24. The lowest BCUT2D eigenvalue weighted by Crippen LogP contribution is -2.39. The highest BCUT2D eigenvalue weighted by Crippen LogP contribution is 2.44. The average molecular weight is 507 g/mol. The molecule has 0 aromatic heterocycles. The first-order valence-corrected chi connectivity index (χ1v) is 12.8. The molecule has 2 atom stereocenters. The Bertz CT molecular complexity index is 1240. The molecule has 36 heavy (non-hydrogen) atoms. The number of aliphatic imine (C=N–C) groups is 1. The van der Waals surface area contributed by atoms with Gasteiger partial charge in [0.15, 0.2) is 5.17 Å². The second kappa shape index (κ2) is 10.7. The summed E-state index contributed by atoms with van der Waals surface area (Å²) >= 11 is 1.41. The summed E-state index contributed by atoms with van der Waals surface area (Å²) in [6, 6.07) is 14.7. The van der Waals surface area contributed by atoms with Gasteiger partial charge in [-0.1, -0.05) is 42.1 Å². The van der Waals surface area contributed by atoms with Gasteiger partial charge in [-0.3, -0.25) is 9.59 Å². The molecule has 0 spiro atoms. The zero-order chi connectivity index (χ0) is 25.1. The smallest absolute Gasteiger partial charge is 0.255 e. The number of ether oxygens (including phenoxy) is 1. The first kappa shape index (κ1) is 24.3. The van der Waals surface area contributed by atoms with Gasteiger partial charge in [0.05, 0.1) is 29.8 Å². The van der Waals surface area contributed by atoms with Crippen LogP contribution in [0.15, 0.2) is 82.0 Å². The van der Waals surface area contributed by atoms with Crippen LogP contribution < -0.4 is 10.6 Å². The third-order valence-electron chi connectivity index (χ3n) is 6.36. The van der Waals surface area contributed by atoms with Crippen molar-refractivity contribution in [3.63, 3.8) is 0 Å². The van der Waals surface area contributed by atoms with E-state index in [-0.39, 0.29) is 30.2 Å². The van der Waals surface area contributed by atoms with Crippen LogP contribution in [-0.4, -0.2) is 41.1 Å². The molecule has 2 N–H and O–H groups in total. The van der Waals surface area contributed by atoms with Gasteiger partial charge in [-0.25, -0.2) is 9.38 Å². The van der Waals surface area contributed by atoms with E-state index >= 15 is 0 Å². The molecule has 186 valence electrons. The van der Waals surface area contributed by atoms with Gasteiger partial charge in [0.25, 0.3) is 5.91 Å². The number of para-hydroxylation sites is 1. The van der Waals surface area contributed by atoms with Crippen LogP contribution in [-0.2, 0) is 14.3 Å². The maximum absolute atomic E-state index is 13.8. The van der Waals surface area contributed by atoms with Crippen LogP contribution in [0.2, 0.25) is 0 Å². The van der Waals surface area contributed by atoms with Crippen LogP contribution in [0, 0.1) is 5.82 Å². The number of benzene rings is 2. The minimum absolute atomic E-state index is 0.0545. The van der Waals surface area contributed by atoms with Crippen molar-refractivity contribution in [2.75, 3.05) is 18.5 Å². The first-order valence-electron chi connectivity index (χ1n) is 11.9. The van der Waals surface area contributed by atoms with E-state index < -0.39 is 6.04 Å². The third kappa shape index (κ3) is 5.22. The molecule has 7 nitrogen and oxygen atoms in total. The van der Waals surface area contributed by atoms with Crippen molar-refractivity contribution >= 4 is 34.4 Å². The Hall–Kier alpha value is -3.43. The van der Waals surface area contributed by atoms with Gasteiger partial charge >= 0.3 is 0 Å². The second-order valence-corrected chi connectivity index (χ2v) is 9.72. The van der Waals surface area contributed by atoms with Gasteiger partial charge in [0, 0.05) is 24.5 Å². The molecule has 1 saturated heterocycles. The summed E-state index contributed by atoms with van der Waals surface area (Å²) in [6.07, 6.45) is 2.13. The molecule has 3 aliphatic heterocycles. The zero-order valence-corrected chi connectivity index (χ0v) is 20.7. The van der Waals surface area contributed by atoms with E-state index in [9.17, 15) is 14.0 Å². The number of hydrogen-bond donors (Lipinski definition) is 2. The molecular formula is C27H27FN4O3S. The molecule has 0 unspecified atom stereocenters. The van der Waals surface area contributed by atoms with E-state index in [0.29, 0.717) is 28.7 Å². The van der Waals surface area contributed by atoms with Crippen molar-refractivity contribution in [1.29, 1.82) is 0 Å². The summed E-state index contributed by atoms with van der Waals surface area (Å²) in [5, 5.41) is 8.49. The van der Waals surface area contributed by atoms with E-state index in [1.807, 2.05) is 40.6 Å². The predicted molar refractivity (Wildman–Crippen MR) is 138 cm³/mol. The number of carbonyl (C=O) groups is 2. The van der Waals surface area contributed by atoms with Gasteiger partial charge in [-0.15, -0.1) is 0 Å². The lowest BCUT2D eigenvalue weighted by atomic mass is 9.93. The summed E-state index contributed by atoms with van der Waals surface area (Å²) in [4.78, 5) is 33.0. The van der Waals surface area contributed by atoms with E-state index in [2.05, 4.69) is 10.6 Å². The van der Waals surface area contributed by atoms with E-state index in [1.165, 1.54) is 23.9 Å². The molecule has 3 heterocycles. The lowest BCUT2D eigenvalue weighted by molar-refractivity contribution is -0.121. The molecule has 0 aliphatic carbocycles.